The molecule has 2 amide bonds. The van der Waals surface area contributed by atoms with Crippen LogP contribution in [0.1, 0.15) is 32.0 Å². The average Bonchev–Trinajstić information content (AvgIpc) is 3.24. The predicted molar refractivity (Wildman–Crippen MR) is 108 cm³/mol. The van der Waals surface area contributed by atoms with Crippen LogP contribution in [0.5, 0.6) is 5.75 Å². The van der Waals surface area contributed by atoms with Gasteiger partial charge in [-0.2, -0.15) is 18.3 Å². The Balaban J connectivity index is 1.57. The Morgan fingerprint density at radius 3 is 2.09 bits per heavy atom. The first kappa shape index (κ1) is 19.8. The first-order chi connectivity index (χ1) is 15.2. The van der Waals surface area contributed by atoms with Gasteiger partial charge in [-0.15, -0.1) is 0 Å². The number of aromatic hydroxyl groups is 1. The highest BCUT2D eigenvalue weighted by molar-refractivity contribution is 6.21. The van der Waals surface area contributed by atoms with Crippen LogP contribution in [0.2, 0.25) is 0 Å². The topological polar surface area (TPSA) is 75.4 Å². The Morgan fingerprint density at radius 2 is 1.50 bits per heavy atom. The van der Waals surface area contributed by atoms with Gasteiger partial charge in [0.25, 0.3) is 11.8 Å². The number of hydrogen-bond acceptors (Lipinski definition) is 4. The Kier molecular flexibility index (Phi) is 4.30. The Morgan fingerprint density at radius 1 is 0.875 bits per heavy atom. The standard InChI is InChI=1S/C23H14F3N3O3/c24-23(25,26)13-5-7-14(8-6-13)29-20-11-15(30)9-10-18(20)19(27-29)12-28-21(31)16-3-1-2-4-17(16)22(28)32/h1-11,30H,12H2. The molecule has 0 fully saturated rings. The summed E-state index contributed by atoms with van der Waals surface area (Å²) in [4.78, 5) is 26.5. The number of imide groups is 1. The molecule has 6 nitrogen and oxygen atoms in total. The molecule has 32 heavy (non-hydrogen) atoms. The zero-order valence-corrected chi connectivity index (χ0v) is 16.3. The lowest BCUT2D eigenvalue weighted by Crippen LogP contribution is -2.29. The molecule has 160 valence electrons. The molecular weight excluding hydrogens is 423 g/mol. The number of aromatic nitrogens is 2. The van der Waals surface area contributed by atoms with E-state index in [9.17, 15) is 27.9 Å². The third kappa shape index (κ3) is 3.09. The Hall–Kier alpha value is -4.14. The van der Waals surface area contributed by atoms with Gasteiger partial charge >= 0.3 is 6.18 Å². The second-order valence-corrected chi connectivity index (χ2v) is 7.35. The van der Waals surface area contributed by atoms with E-state index in [1.807, 2.05) is 0 Å². The van der Waals surface area contributed by atoms with Crippen molar-refractivity contribution in [3.8, 4) is 11.4 Å². The van der Waals surface area contributed by atoms with Gasteiger partial charge in [-0.05, 0) is 48.5 Å². The van der Waals surface area contributed by atoms with Crippen molar-refractivity contribution in [2.24, 2.45) is 0 Å². The number of alkyl halides is 3. The summed E-state index contributed by atoms with van der Waals surface area (Å²) in [6, 6.07) is 15.4. The number of fused-ring (bicyclic) bond motifs is 2. The van der Waals surface area contributed by atoms with Crippen molar-refractivity contribution >= 4 is 22.7 Å². The molecule has 0 atom stereocenters. The number of nitrogens with zero attached hydrogens (tertiary/aromatic N) is 3. The first-order valence-electron chi connectivity index (χ1n) is 9.57. The number of carbonyl (C=O) groups is 2. The van der Waals surface area contributed by atoms with Crippen molar-refractivity contribution < 1.29 is 27.9 Å². The van der Waals surface area contributed by atoms with Crippen LogP contribution < -0.4 is 0 Å². The Bertz CT molecular complexity index is 1360. The van der Waals surface area contributed by atoms with E-state index < -0.39 is 23.6 Å². The van der Waals surface area contributed by atoms with E-state index in [1.165, 1.54) is 28.9 Å². The van der Waals surface area contributed by atoms with Crippen LogP contribution in [0.3, 0.4) is 0 Å². The van der Waals surface area contributed by atoms with Crippen molar-refractivity contribution in [3.63, 3.8) is 0 Å². The van der Waals surface area contributed by atoms with E-state index in [-0.39, 0.29) is 12.3 Å². The molecule has 0 radical (unpaired) electrons. The summed E-state index contributed by atoms with van der Waals surface area (Å²) in [6.45, 7) is -0.124. The number of halogens is 3. The van der Waals surface area contributed by atoms with Crippen LogP contribution in [0.15, 0.2) is 66.7 Å². The number of hydrogen-bond donors (Lipinski definition) is 1. The molecule has 4 aromatic rings. The number of amides is 2. The largest absolute Gasteiger partial charge is 0.508 e. The van der Waals surface area contributed by atoms with Gasteiger partial charge in [0.2, 0.25) is 0 Å². The minimum Gasteiger partial charge on any atom is -0.508 e. The summed E-state index contributed by atoms with van der Waals surface area (Å²) in [5.41, 5.74) is 0.947. The molecule has 3 aromatic carbocycles. The summed E-state index contributed by atoms with van der Waals surface area (Å²) in [5.74, 6) is -0.943. The number of phenols is 1. The molecule has 0 bridgehead atoms. The number of phenolic OH excluding ortho intramolecular Hbond substituents is 1. The third-order valence-electron chi connectivity index (χ3n) is 5.37. The van der Waals surface area contributed by atoms with Gasteiger partial charge in [-0.3, -0.25) is 14.5 Å². The lowest BCUT2D eigenvalue weighted by molar-refractivity contribution is -0.137. The quantitative estimate of drug-likeness (QED) is 0.478. The normalized spacial score (nSPS) is 13.8. The van der Waals surface area contributed by atoms with Crippen LogP contribution in [-0.2, 0) is 12.7 Å². The van der Waals surface area contributed by atoms with Crippen LogP contribution in [0.4, 0.5) is 13.2 Å². The van der Waals surface area contributed by atoms with E-state index in [2.05, 4.69) is 5.10 Å². The minimum absolute atomic E-state index is 0.0576. The summed E-state index contributed by atoms with van der Waals surface area (Å²) in [5, 5.41) is 15.0. The van der Waals surface area contributed by atoms with E-state index in [1.54, 1.807) is 30.3 Å². The molecular formula is C23H14F3N3O3. The summed E-state index contributed by atoms with van der Waals surface area (Å²) in [7, 11) is 0. The summed E-state index contributed by atoms with van der Waals surface area (Å²) in [6.07, 6.45) is -4.47. The highest BCUT2D eigenvalue weighted by atomic mass is 19.4. The number of carbonyl (C=O) groups excluding carboxylic acids is 2. The van der Waals surface area contributed by atoms with Crippen molar-refractivity contribution in [2.75, 3.05) is 0 Å². The van der Waals surface area contributed by atoms with Gasteiger partial charge in [0.15, 0.2) is 0 Å². The zero-order chi connectivity index (χ0) is 22.6. The van der Waals surface area contributed by atoms with E-state index in [4.69, 9.17) is 0 Å². The molecule has 0 aliphatic carbocycles. The molecule has 1 aliphatic heterocycles. The van der Waals surface area contributed by atoms with Crippen LogP contribution >= 0.6 is 0 Å². The van der Waals surface area contributed by atoms with Gasteiger partial charge in [-0.25, -0.2) is 4.68 Å². The second kappa shape index (κ2) is 6.94. The molecule has 2 heterocycles. The van der Waals surface area contributed by atoms with Gasteiger partial charge < -0.3 is 5.11 Å². The van der Waals surface area contributed by atoms with Gasteiger partial charge in [-0.1, -0.05) is 12.1 Å². The van der Waals surface area contributed by atoms with Gasteiger partial charge in [0.1, 0.15) is 5.75 Å². The smallest absolute Gasteiger partial charge is 0.416 e. The molecule has 0 spiro atoms. The fraction of sp³-hybridized carbons (Fsp3) is 0.0870. The van der Waals surface area contributed by atoms with Gasteiger partial charge in [0.05, 0.1) is 40.1 Å². The fourth-order valence-electron chi connectivity index (χ4n) is 3.81. The van der Waals surface area contributed by atoms with Crippen molar-refractivity contribution in [1.82, 2.24) is 14.7 Å². The second-order valence-electron chi connectivity index (χ2n) is 7.35. The highest BCUT2D eigenvalue weighted by Crippen LogP contribution is 2.32. The maximum atomic E-state index is 12.9. The van der Waals surface area contributed by atoms with Crippen LogP contribution in [-0.4, -0.2) is 31.6 Å². The maximum Gasteiger partial charge on any atom is 0.416 e. The van der Waals surface area contributed by atoms with E-state index in [0.717, 1.165) is 17.0 Å². The first-order valence-corrected chi connectivity index (χ1v) is 9.57. The Labute approximate surface area is 179 Å². The fourth-order valence-corrected chi connectivity index (χ4v) is 3.81. The molecule has 1 N–H and O–H groups in total. The van der Waals surface area contributed by atoms with Crippen molar-refractivity contribution in [2.45, 2.75) is 12.7 Å². The molecule has 0 saturated heterocycles. The molecule has 5 rings (SSSR count). The number of rotatable bonds is 3. The van der Waals surface area contributed by atoms with Crippen molar-refractivity contribution in [3.05, 3.63) is 89.1 Å². The molecule has 1 aliphatic rings. The predicted octanol–water partition coefficient (Wildman–Crippen LogP) is 4.55. The lowest BCUT2D eigenvalue weighted by atomic mass is 10.1. The third-order valence-corrected chi connectivity index (χ3v) is 5.37. The van der Waals surface area contributed by atoms with Gasteiger partial charge in [0, 0.05) is 11.5 Å². The molecule has 0 saturated carbocycles. The average molecular weight is 437 g/mol. The lowest BCUT2D eigenvalue weighted by Gasteiger charge is -2.12. The zero-order valence-electron chi connectivity index (χ0n) is 16.3. The van der Waals surface area contributed by atoms with Crippen molar-refractivity contribution in [1.29, 1.82) is 0 Å². The molecule has 1 aromatic heterocycles. The summed E-state index contributed by atoms with van der Waals surface area (Å²) < 4.78 is 40.1. The minimum atomic E-state index is -4.47. The maximum absolute atomic E-state index is 12.9. The summed E-state index contributed by atoms with van der Waals surface area (Å²) >= 11 is 0. The monoisotopic (exact) mass is 437 g/mol. The van der Waals surface area contributed by atoms with E-state index >= 15 is 0 Å². The number of benzene rings is 3. The molecule has 0 unspecified atom stereocenters. The molecule has 9 heteroatoms. The van der Waals surface area contributed by atoms with E-state index in [0.29, 0.717) is 33.4 Å². The van der Waals surface area contributed by atoms with Crippen LogP contribution in [0.25, 0.3) is 16.6 Å². The SMILES string of the molecule is O=C1c2ccccc2C(=O)N1Cc1nn(-c2ccc(C(F)(F)F)cc2)c2cc(O)ccc12. The van der Waals surface area contributed by atoms with Crippen LogP contribution in [0, 0.1) is 0 Å². The highest BCUT2D eigenvalue weighted by Gasteiger charge is 2.36.